The number of aryl methyl sites for hydroxylation is 1. The van der Waals surface area contributed by atoms with E-state index in [1.165, 1.54) is 6.08 Å². The minimum atomic E-state index is -0.843. The number of carbonyl (C=O) groups excluding carboxylic acids is 3. The van der Waals surface area contributed by atoms with Crippen LogP contribution in [0.2, 0.25) is 10.0 Å². The summed E-state index contributed by atoms with van der Waals surface area (Å²) in [4.78, 5) is 39.5. The van der Waals surface area contributed by atoms with Crippen molar-refractivity contribution >= 4 is 68.7 Å². The number of halogens is 3. The van der Waals surface area contributed by atoms with Gasteiger partial charge in [-0.15, -0.1) is 0 Å². The molecule has 4 aromatic carbocycles. The molecule has 0 aromatic heterocycles. The molecule has 212 valence electrons. The van der Waals surface area contributed by atoms with Crippen LogP contribution in [-0.4, -0.2) is 17.8 Å². The highest BCUT2D eigenvalue weighted by Gasteiger charge is 2.36. The molecule has 42 heavy (non-hydrogen) atoms. The largest absolute Gasteiger partial charge is 0.489 e. The fourth-order valence-corrected chi connectivity index (χ4v) is 5.21. The molecule has 5 rings (SSSR count). The molecule has 1 aliphatic rings. The predicted molar refractivity (Wildman–Crippen MR) is 166 cm³/mol. The van der Waals surface area contributed by atoms with E-state index in [9.17, 15) is 14.4 Å². The van der Waals surface area contributed by atoms with Crippen LogP contribution in [0.15, 0.2) is 95.0 Å². The number of barbiturate groups is 1. The maximum atomic E-state index is 13.3. The Morgan fingerprint density at radius 3 is 2.38 bits per heavy atom. The van der Waals surface area contributed by atoms with Gasteiger partial charge in [-0.1, -0.05) is 65.2 Å². The third kappa shape index (κ3) is 6.85. The molecule has 10 heteroatoms. The van der Waals surface area contributed by atoms with Crippen LogP contribution < -0.4 is 19.7 Å². The first-order valence-corrected chi connectivity index (χ1v) is 14.3. The number of nitrogens with one attached hydrogen (secondary N) is 1. The number of hydrogen-bond donors (Lipinski definition) is 1. The number of urea groups is 1. The molecule has 0 atom stereocenters. The van der Waals surface area contributed by atoms with Crippen molar-refractivity contribution in [2.45, 2.75) is 20.1 Å². The van der Waals surface area contributed by atoms with Crippen LogP contribution in [-0.2, 0) is 22.8 Å². The molecule has 0 saturated carbocycles. The summed E-state index contributed by atoms with van der Waals surface area (Å²) in [5, 5.41) is 3.24. The van der Waals surface area contributed by atoms with Gasteiger partial charge in [-0.05, 0) is 88.6 Å². The Balaban J connectivity index is 1.29. The average Bonchev–Trinajstić information content (AvgIpc) is 2.95. The second-order valence-electron chi connectivity index (χ2n) is 9.44. The van der Waals surface area contributed by atoms with Crippen molar-refractivity contribution in [2.75, 3.05) is 4.90 Å². The van der Waals surface area contributed by atoms with Crippen molar-refractivity contribution in [3.63, 3.8) is 0 Å². The first-order chi connectivity index (χ1) is 20.2. The zero-order valence-corrected chi connectivity index (χ0v) is 25.3. The van der Waals surface area contributed by atoms with Crippen molar-refractivity contribution in [3.8, 4) is 11.5 Å². The summed E-state index contributed by atoms with van der Waals surface area (Å²) >= 11 is 15.6. The summed E-state index contributed by atoms with van der Waals surface area (Å²) in [5.41, 5.74) is 3.59. The number of imide groups is 2. The van der Waals surface area contributed by atoms with Crippen molar-refractivity contribution < 1.29 is 23.9 Å². The monoisotopic (exact) mass is 664 g/mol. The number of anilines is 1. The summed E-state index contributed by atoms with van der Waals surface area (Å²) < 4.78 is 12.4. The fraction of sp³-hybridized carbons (Fsp3) is 0.0938. The molecule has 1 heterocycles. The smallest absolute Gasteiger partial charge is 0.335 e. The van der Waals surface area contributed by atoms with Crippen molar-refractivity contribution in [1.82, 2.24) is 5.32 Å². The van der Waals surface area contributed by atoms with Crippen molar-refractivity contribution in [1.29, 1.82) is 0 Å². The summed E-state index contributed by atoms with van der Waals surface area (Å²) in [6, 6.07) is 23.8. The van der Waals surface area contributed by atoms with E-state index in [-0.39, 0.29) is 17.9 Å². The molecule has 1 saturated heterocycles. The molecule has 0 aliphatic carbocycles. The van der Waals surface area contributed by atoms with Gasteiger partial charge < -0.3 is 9.47 Å². The van der Waals surface area contributed by atoms with E-state index < -0.39 is 17.8 Å². The number of rotatable bonds is 8. The highest BCUT2D eigenvalue weighted by atomic mass is 79.9. The molecular formula is C32H23BrCl2N2O5. The Labute approximate surface area is 260 Å². The van der Waals surface area contributed by atoms with Crippen molar-refractivity contribution in [2.24, 2.45) is 0 Å². The summed E-state index contributed by atoms with van der Waals surface area (Å²) in [7, 11) is 0. The van der Waals surface area contributed by atoms with Crippen LogP contribution in [0.1, 0.15) is 22.3 Å². The third-order valence-corrected chi connectivity index (χ3v) is 7.56. The molecule has 7 nitrogen and oxygen atoms in total. The van der Waals surface area contributed by atoms with E-state index in [1.54, 1.807) is 60.7 Å². The predicted octanol–water partition coefficient (Wildman–Crippen LogP) is 7.89. The quantitative estimate of drug-likeness (QED) is 0.153. The SMILES string of the molecule is Cc1cccc(COc2ccc(/C=C3\C(=O)NC(=O)N(c4ccc(OCc5ccc(Cl)cc5Cl)cc4)C3=O)cc2Br)c1. The number of hydrogen-bond acceptors (Lipinski definition) is 5. The van der Waals surface area contributed by atoms with Gasteiger partial charge in [-0.3, -0.25) is 14.9 Å². The van der Waals surface area contributed by atoms with E-state index >= 15 is 0 Å². The van der Waals surface area contributed by atoms with Crippen LogP contribution in [0.25, 0.3) is 6.08 Å². The average molecular weight is 666 g/mol. The van der Waals surface area contributed by atoms with Crippen LogP contribution >= 0.6 is 39.1 Å². The van der Waals surface area contributed by atoms with Crippen LogP contribution in [0.3, 0.4) is 0 Å². The first-order valence-electron chi connectivity index (χ1n) is 12.7. The molecular weight excluding hydrogens is 643 g/mol. The molecule has 0 radical (unpaired) electrons. The van der Waals surface area contributed by atoms with Gasteiger partial charge in [0.1, 0.15) is 30.3 Å². The normalized spacial score (nSPS) is 14.2. The van der Waals surface area contributed by atoms with Gasteiger partial charge in [-0.2, -0.15) is 0 Å². The zero-order valence-electron chi connectivity index (χ0n) is 22.2. The minimum absolute atomic E-state index is 0.187. The summed E-state index contributed by atoms with van der Waals surface area (Å²) in [5.74, 6) is -0.426. The highest BCUT2D eigenvalue weighted by molar-refractivity contribution is 9.10. The van der Waals surface area contributed by atoms with E-state index in [1.807, 2.05) is 31.2 Å². The lowest BCUT2D eigenvalue weighted by Crippen LogP contribution is -2.54. The van der Waals surface area contributed by atoms with Crippen LogP contribution in [0.5, 0.6) is 11.5 Å². The van der Waals surface area contributed by atoms with E-state index in [2.05, 4.69) is 21.2 Å². The third-order valence-electron chi connectivity index (χ3n) is 6.35. The first kappa shape index (κ1) is 29.4. The Hall–Kier alpha value is -4.11. The standard InChI is InChI=1S/C32H23BrCl2N2O5/c1-19-3-2-4-21(13-19)17-42-29-12-5-20(15-27(29)33)14-26-30(38)36-32(40)37(31(26)39)24-8-10-25(11-9-24)41-18-22-6-7-23(34)16-28(22)35/h2-16H,17-18H2,1H3,(H,36,38,40)/b26-14+. The summed E-state index contributed by atoms with van der Waals surface area (Å²) in [6.45, 7) is 2.60. The maximum Gasteiger partial charge on any atom is 0.335 e. The lowest BCUT2D eigenvalue weighted by atomic mass is 10.1. The van der Waals surface area contributed by atoms with Gasteiger partial charge in [0.25, 0.3) is 11.8 Å². The Kier molecular flexibility index (Phi) is 8.97. The number of benzene rings is 4. The Morgan fingerprint density at radius 1 is 0.881 bits per heavy atom. The second kappa shape index (κ2) is 12.8. The fourth-order valence-electron chi connectivity index (χ4n) is 4.24. The minimum Gasteiger partial charge on any atom is -0.489 e. The van der Waals surface area contributed by atoms with Gasteiger partial charge >= 0.3 is 6.03 Å². The van der Waals surface area contributed by atoms with Gasteiger partial charge in [0.2, 0.25) is 0 Å². The molecule has 1 aliphatic heterocycles. The molecule has 4 aromatic rings. The molecule has 1 N–H and O–H groups in total. The lowest BCUT2D eigenvalue weighted by Gasteiger charge is -2.26. The van der Waals surface area contributed by atoms with Gasteiger partial charge in [-0.25, -0.2) is 9.69 Å². The van der Waals surface area contributed by atoms with E-state index in [0.717, 1.165) is 21.6 Å². The summed E-state index contributed by atoms with van der Waals surface area (Å²) in [6.07, 6.45) is 1.43. The van der Waals surface area contributed by atoms with E-state index in [4.69, 9.17) is 32.7 Å². The van der Waals surface area contributed by atoms with E-state index in [0.29, 0.717) is 38.2 Å². The molecule has 0 spiro atoms. The second-order valence-corrected chi connectivity index (χ2v) is 11.1. The van der Waals surface area contributed by atoms with Crippen molar-refractivity contribution in [3.05, 3.63) is 127 Å². The maximum absolute atomic E-state index is 13.3. The lowest BCUT2D eigenvalue weighted by molar-refractivity contribution is -0.122. The van der Waals surface area contributed by atoms with Gasteiger partial charge in [0.15, 0.2) is 0 Å². The highest BCUT2D eigenvalue weighted by Crippen LogP contribution is 2.30. The Bertz CT molecular complexity index is 1720. The van der Waals surface area contributed by atoms with Gasteiger partial charge in [0, 0.05) is 15.6 Å². The van der Waals surface area contributed by atoms with Crippen LogP contribution in [0, 0.1) is 6.92 Å². The molecule has 4 amide bonds. The van der Waals surface area contributed by atoms with Crippen LogP contribution in [0.4, 0.5) is 10.5 Å². The number of carbonyl (C=O) groups is 3. The number of amides is 4. The van der Waals surface area contributed by atoms with Gasteiger partial charge in [0.05, 0.1) is 10.2 Å². The molecule has 1 fully saturated rings. The molecule has 0 unspecified atom stereocenters. The zero-order chi connectivity index (χ0) is 29.8. The number of nitrogens with zero attached hydrogens (tertiary/aromatic N) is 1. The topological polar surface area (TPSA) is 84.9 Å². The molecule has 0 bridgehead atoms. The number of ether oxygens (including phenoxy) is 2. The Morgan fingerprint density at radius 2 is 1.67 bits per heavy atom.